The van der Waals surface area contributed by atoms with Crippen molar-refractivity contribution in [1.29, 1.82) is 0 Å². The second-order valence-corrected chi connectivity index (χ2v) is 5.89. The summed E-state index contributed by atoms with van der Waals surface area (Å²) in [7, 11) is 1.67. The van der Waals surface area contributed by atoms with Crippen LogP contribution in [-0.4, -0.2) is 38.8 Å². The Morgan fingerprint density at radius 3 is 2.40 bits per heavy atom. The molecule has 0 saturated heterocycles. The highest BCUT2D eigenvalue weighted by molar-refractivity contribution is 5.27. The van der Waals surface area contributed by atoms with Crippen molar-refractivity contribution in [3.8, 4) is 5.75 Å². The molecule has 0 fully saturated rings. The van der Waals surface area contributed by atoms with E-state index in [0.29, 0.717) is 13.1 Å². The summed E-state index contributed by atoms with van der Waals surface area (Å²) in [6, 6.07) is 18.4. The molecule has 6 heteroatoms. The van der Waals surface area contributed by atoms with Gasteiger partial charge in [-0.05, 0) is 40.2 Å². The molecule has 3 rings (SSSR count). The maximum Gasteiger partial charge on any atom is 0.165 e. The van der Waals surface area contributed by atoms with E-state index in [9.17, 15) is 0 Å². The molecule has 1 heterocycles. The van der Waals surface area contributed by atoms with E-state index in [-0.39, 0.29) is 0 Å². The molecule has 0 spiro atoms. The van der Waals surface area contributed by atoms with Crippen molar-refractivity contribution in [3.63, 3.8) is 0 Å². The molecule has 25 heavy (non-hydrogen) atoms. The Balaban J connectivity index is 1.67. The fraction of sp³-hybridized carbons (Fsp3) is 0.316. The standard InChI is InChI=1S/C19H23N5O/c1-3-23(13-16-7-5-4-6-8-16)15-19-20-21-22-24(19)14-17-9-11-18(25-2)12-10-17/h4-12H,3,13-15H2,1-2H3. The van der Waals surface area contributed by atoms with Gasteiger partial charge in [0.15, 0.2) is 5.82 Å². The molecule has 1 aromatic heterocycles. The first-order chi connectivity index (χ1) is 12.3. The van der Waals surface area contributed by atoms with Gasteiger partial charge in [-0.2, -0.15) is 0 Å². The second kappa shape index (κ2) is 8.39. The Labute approximate surface area is 148 Å². The normalized spacial score (nSPS) is 11.0. The van der Waals surface area contributed by atoms with E-state index in [4.69, 9.17) is 4.74 Å². The van der Waals surface area contributed by atoms with E-state index in [1.165, 1.54) is 5.56 Å². The number of ether oxygens (including phenoxy) is 1. The van der Waals surface area contributed by atoms with E-state index < -0.39 is 0 Å². The predicted octanol–water partition coefficient (Wildman–Crippen LogP) is 2.75. The molecule has 0 radical (unpaired) electrons. The highest BCUT2D eigenvalue weighted by atomic mass is 16.5. The molecule has 0 aliphatic heterocycles. The number of aromatic nitrogens is 4. The number of tetrazole rings is 1. The Hall–Kier alpha value is -2.73. The lowest BCUT2D eigenvalue weighted by molar-refractivity contribution is 0.259. The third-order valence-electron chi connectivity index (χ3n) is 4.16. The smallest absolute Gasteiger partial charge is 0.165 e. The number of nitrogens with zero attached hydrogens (tertiary/aromatic N) is 5. The van der Waals surface area contributed by atoms with Gasteiger partial charge in [0.2, 0.25) is 0 Å². The number of benzene rings is 2. The van der Waals surface area contributed by atoms with Crippen LogP contribution in [0.4, 0.5) is 0 Å². The van der Waals surface area contributed by atoms with Gasteiger partial charge in [-0.15, -0.1) is 5.10 Å². The molecule has 0 aliphatic rings. The molecular weight excluding hydrogens is 314 g/mol. The Kier molecular flexibility index (Phi) is 5.74. The minimum absolute atomic E-state index is 0.648. The van der Waals surface area contributed by atoms with Gasteiger partial charge in [-0.3, -0.25) is 4.90 Å². The van der Waals surface area contributed by atoms with Crippen LogP contribution >= 0.6 is 0 Å². The largest absolute Gasteiger partial charge is 0.497 e. The van der Waals surface area contributed by atoms with Crippen LogP contribution in [0, 0.1) is 0 Å². The zero-order valence-electron chi connectivity index (χ0n) is 14.7. The van der Waals surface area contributed by atoms with Crippen LogP contribution in [0.25, 0.3) is 0 Å². The molecule has 0 N–H and O–H groups in total. The van der Waals surface area contributed by atoms with Crippen molar-refractivity contribution in [2.75, 3.05) is 13.7 Å². The van der Waals surface area contributed by atoms with Crippen molar-refractivity contribution in [2.45, 2.75) is 26.6 Å². The minimum atomic E-state index is 0.648. The van der Waals surface area contributed by atoms with Crippen molar-refractivity contribution >= 4 is 0 Å². The molecule has 0 unspecified atom stereocenters. The van der Waals surface area contributed by atoms with Gasteiger partial charge in [0.25, 0.3) is 0 Å². The van der Waals surface area contributed by atoms with Crippen molar-refractivity contribution < 1.29 is 4.74 Å². The highest BCUT2D eigenvalue weighted by Gasteiger charge is 2.12. The molecule has 130 valence electrons. The Bertz CT molecular complexity index is 770. The van der Waals surface area contributed by atoms with E-state index in [1.54, 1.807) is 7.11 Å². The van der Waals surface area contributed by atoms with Crippen LogP contribution in [0.2, 0.25) is 0 Å². The zero-order valence-corrected chi connectivity index (χ0v) is 14.7. The third kappa shape index (κ3) is 4.64. The fourth-order valence-electron chi connectivity index (χ4n) is 2.68. The predicted molar refractivity (Wildman–Crippen MR) is 96.1 cm³/mol. The quantitative estimate of drug-likeness (QED) is 0.633. The maximum absolute atomic E-state index is 5.20. The molecule has 2 aromatic carbocycles. The maximum atomic E-state index is 5.20. The average Bonchev–Trinajstić information content (AvgIpc) is 3.09. The van der Waals surface area contributed by atoms with Crippen molar-refractivity contribution in [1.82, 2.24) is 25.1 Å². The van der Waals surface area contributed by atoms with Crippen LogP contribution in [-0.2, 0) is 19.6 Å². The fourth-order valence-corrected chi connectivity index (χ4v) is 2.68. The van der Waals surface area contributed by atoms with Gasteiger partial charge in [0, 0.05) is 6.54 Å². The summed E-state index contributed by atoms with van der Waals surface area (Å²) in [4.78, 5) is 2.32. The molecule has 0 aliphatic carbocycles. The molecule has 0 bridgehead atoms. The zero-order chi connectivity index (χ0) is 17.5. The molecular formula is C19H23N5O. The van der Waals surface area contributed by atoms with Gasteiger partial charge >= 0.3 is 0 Å². The van der Waals surface area contributed by atoms with E-state index in [2.05, 4.69) is 51.6 Å². The van der Waals surface area contributed by atoms with Gasteiger partial charge in [0.1, 0.15) is 5.75 Å². The lowest BCUT2D eigenvalue weighted by atomic mass is 10.2. The molecule has 3 aromatic rings. The highest BCUT2D eigenvalue weighted by Crippen LogP contribution is 2.13. The Morgan fingerprint density at radius 1 is 0.960 bits per heavy atom. The number of hydrogen-bond donors (Lipinski definition) is 0. The molecule has 0 atom stereocenters. The molecule has 6 nitrogen and oxygen atoms in total. The van der Waals surface area contributed by atoms with Gasteiger partial charge < -0.3 is 4.74 Å². The van der Waals surface area contributed by atoms with E-state index in [0.717, 1.165) is 30.2 Å². The van der Waals surface area contributed by atoms with Gasteiger partial charge in [-0.1, -0.05) is 49.4 Å². The van der Waals surface area contributed by atoms with Crippen LogP contribution in [0.5, 0.6) is 5.75 Å². The third-order valence-corrected chi connectivity index (χ3v) is 4.16. The molecule has 0 amide bonds. The summed E-state index contributed by atoms with van der Waals surface area (Å²) in [6.07, 6.45) is 0. The van der Waals surface area contributed by atoms with E-state index in [1.807, 2.05) is 35.0 Å². The van der Waals surface area contributed by atoms with Gasteiger partial charge in [-0.25, -0.2) is 4.68 Å². The van der Waals surface area contributed by atoms with Crippen LogP contribution < -0.4 is 4.74 Å². The minimum Gasteiger partial charge on any atom is -0.497 e. The topological polar surface area (TPSA) is 56.1 Å². The number of hydrogen-bond acceptors (Lipinski definition) is 5. The first-order valence-corrected chi connectivity index (χ1v) is 8.42. The lowest BCUT2D eigenvalue weighted by Crippen LogP contribution is -2.24. The second-order valence-electron chi connectivity index (χ2n) is 5.89. The van der Waals surface area contributed by atoms with Crippen LogP contribution in [0.1, 0.15) is 23.9 Å². The summed E-state index contributed by atoms with van der Waals surface area (Å²) in [5, 5.41) is 12.2. The Morgan fingerprint density at radius 2 is 1.72 bits per heavy atom. The first-order valence-electron chi connectivity index (χ1n) is 8.42. The summed E-state index contributed by atoms with van der Waals surface area (Å²) in [5.41, 5.74) is 2.43. The monoisotopic (exact) mass is 337 g/mol. The van der Waals surface area contributed by atoms with Gasteiger partial charge in [0.05, 0.1) is 20.2 Å². The summed E-state index contributed by atoms with van der Waals surface area (Å²) in [6.45, 7) is 5.33. The average molecular weight is 337 g/mol. The SMILES string of the molecule is CCN(Cc1ccccc1)Cc1nnnn1Cc1ccc(OC)cc1. The number of rotatable bonds is 8. The number of methoxy groups -OCH3 is 1. The van der Waals surface area contributed by atoms with Crippen molar-refractivity contribution in [3.05, 3.63) is 71.5 Å². The van der Waals surface area contributed by atoms with Crippen molar-refractivity contribution in [2.24, 2.45) is 0 Å². The summed E-state index contributed by atoms with van der Waals surface area (Å²) < 4.78 is 7.05. The first kappa shape index (κ1) is 17.1. The van der Waals surface area contributed by atoms with Crippen LogP contribution in [0.3, 0.4) is 0 Å². The van der Waals surface area contributed by atoms with E-state index >= 15 is 0 Å². The summed E-state index contributed by atoms with van der Waals surface area (Å²) >= 11 is 0. The lowest BCUT2D eigenvalue weighted by Gasteiger charge is -2.19. The van der Waals surface area contributed by atoms with Crippen LogP contribution in [0.15, 0.2) is 54.6 Å². The summed E-state index contributed by atoms with van der Waals surface area (Å²) in [5.74, 6) is 1.72. The molecule has 0 saturated carbocycles.